The van der Waals surface area contributed by atoms with Crippen LogP contribution in [0.15, 0.2) is 34.6 Å². The molecular weight excluding hydrogens is 867 g/mol. The Labute approximate surface area is 397 Å². The average Bonchev–Trinajstić information content (AvgIpc) is 3.30. The predicted molar refractivity (Wildman–Crippen MR) is 248 cm³/mol. The lowest BCUT2D eigenvalue weighted by molar-refractivity contribution is -0.263. The lowest BCUT2D eigenvalue weighted by Crippen LogP contribution is -2.60. The van der Waals surface area contributed by atoms with Crippen molar-refractivity contribution in [1.29, 1.82) is 0 Å². The molecule has 3 rings (SSSR count). The van der Waals surface area contributed by atoms with Gasteiger partial charge < -0.3 is 53.5 Å². The number of piperidine rings is 1. The first kappa shape index (κ1) is 57.4. The fourth-order valence-corrected chi connectivity index (χ4v) is 9.82. The molecule has 3 N–H and O–H groups in total. The molecule has 67 heavy (non-hydrogen) atoms. The zero-order valence-electron chi connectivity index (χ0n) is 41.5. The maximum absolute atomic E-state index is 14.4. The number of Topliss-reactive ketones (excluding diaryl/α,β-unsaturated/α-hetero) is 3. The van der Waals surface area contributed by atoms with Crippen molar-refractivity contribution in [3.05, 3.63) is 34.6 Å². The van der Waals surface area contributed by atoms with Gasteiger partial charge in [0.1, 0.15) is 30.8 Å². The number of aliphatic hydroxyl groups excluding tert-OH is 2. The Bertz CT molecular complexity index is 1810. The van der Waals surface area contributed by atoms with Gasteiger partial charge in [0.2, 0.25) is 5.79 Å². The first-order chi connectivity index (χ1) is 31.7. The van der Waals surface area contributed by atoms with Gasteiger partial charge in [-0.2, -0.15) is 0 Å². The van der Waals surface area contributed by atoms with E-state index in [0.29, 0.717) is 69.1 Å². The lowest BCUT2D eigenvalue weighted by atomic mass is 9.78. The minimum Gasteiger partial charge on any atom is -0.501 e. The van der Waals surface area contributed by atoms with Crippen LogP contribution in [0.25, 0.3) is 0 Å². The van der Waals surface area contributed by atoms with Gasteiger partial charge in [0, 0.05) is 64.2 Å². The van der Waals surface area contributed by atoms with Gasteiger partial charge in [-0.05, 0) is 108 Å². The average molecular weight is 946 g/mol. The van der Waals surface area contributed by atoms with Crippen LogP contribution >= 0.6 is 0 Å². The summed E-state index contributed by atoms with van der Waals surface area (Å²) in [5.41, 5.74) is 1.80. The van der Waals surface area contributed by atoms with Gasteiger partial charge in [-0.1, -0.05) is 45.4 Å². The number of ketones is 3. The zero-order chi connectivity index (χ0) is 50.2. The highest BCUT2D eigenvalue weighted by atomic mass is 16.6. The van der Waals surface area contributed by atoms with Crippen molar-refractivity contribution in [3.8, 4) is 0 Å². The van der Waals surface area contributed by atoms with E-state index in [1.165, 1.54) is 14.2 Å². The number of aliphatic hydroxyl groups is 3. The summed E-state index contributed by atoms with van der Waals surface area (Å²) in [6, 6.07) is -1.19. The third-order valence-electron chi connectivity index (χ3n) is 14.2. The van der Waals surface area contributed by atoms with Crippen LogP contribution in [0.2, 0.25) is 0 Å². The number of amides is 1. The zero-order valence-corrected chi connectivity index (χ0v) is 41.5. The minimum atomic E-state index is -2.49. The number of allylic oxidation sites excluding steroid dienone is 4. The molecule has 0 aromatic rings. The second-order valence-corrected chi connectivity index (χ2v) is 19.4. The third-order valence-corrected chi connectivity index (χ3v) is 14.2. The number of aldehydes is 2. The number of ether oxygens (including phenoxy) is 5. The molecule has 0 bridgehead atoms. The van der Waals surface area contributed by atoms with Gasteiger partial charge in [-0.3, -0.25) is 19.2 Å². The summed E-state index contributed by atoms with van der Waals surface area (Å²) in [6.07, 6.45) is 4.71. The van der Waals surface area contributed by atoms with E-state index in [1.807, 2.05) is 13.8 Å². The van der Waals surface area contributed by atoms with E-state index in [0.717, 1.165) is 23.0 Å². The molecule has 13 atom stereocenters. The summed E-state index contributed by atoms with van der Waals surface area (Å²) in [5, 5.41) is 33.6. The molecule has 0 aromatic carbocycles. The topological polar surface area (TPSA) is 230 Å². The first-order valence-electron chi connectivity index (χ1n) is 24.1. The third kappa shape index (κ3) is 15.8. The fourth-order valence-electron chi connectivity index (χ4n) is 9.82. The number of carbonyl (C=O) groups excluding carboxylic acids is 7. The highest BCUT2D eigenvalue weighted by Crippen LogP contribution is 2.38. The van der Waals surface area contributed by atoms with Crippen LogP contribution in [0.3, 0.4) is 0 Å². The minimum absolute atomic E-state index is 0.0456. The molecule has 2 unspecified atom stereocenters. The Morgan fingerprint density at radius 1 is 0.925 bits per heavy atom. The van der Waals surface area contributed by atoms with E-state index in [9.17, 15) is 48.9 Å². The van der Waals surface area contributed by atoms with Gasteiger partial charge >= 0.3 is 5.97 Å². The normalized spacial score (nSPS) is 28.2. The van der Waals surface area contributed by atoms with Crippen molar-refractivity contribution >= 4 is 41.8 Å². The molecule has 1 aliphatic carbocycles. The molecule has 1 saturated carbocycles. The molecule has 378 valence electrons. The van der Waals surface area contributed by atoms with E-state index in [4.69, 9.17) is 23.7 Å². The van der Waals surface area contributed by atoms with Gasteiger partial charge in [-0.15, -0.1) is 0 Å². The lowest BCUT2D eigenvalue weighted by Gasteiger charge is -2.42. The van der Waals surface area contributed by atoms with E-state index < -0.39 is 77.8 Å². The quantitative estimate of drug-likeness (QED) is 0.0243. The van der Waals surface area contributed by atoms with Crippen molar-refractivity contribution in [2.45, 2.75) is 187 Å². The van der Waals surface area contributed by atoms with Crippen LogP contribution in [0.5, 0.6) is 0 Å². The summed E-state index contributed by atoms with van der Waals surface area (Å²) in [7, 11) is 4.34. The monoisotopic (exact) mass is 946 g/mol. The number of methoxy groups -OCH3 is 3. The summed E-state index contributed by atoms with van der Waals surface area (Å²) < 4.78 is 28.7. The summed E-state index contributed by atoms with van der Waals surface area (Å²) in [5.74, 6) is -8.05. The van der Waals surface area contributed by atoms with Crippen molar-refractivity contribution in [3.63, 3.8) is 0 Å². The molecule has 16 nitrogen and oxygen atoms in total. The highest BCUT2D eigenvalue weighted by Gasteiger charge is 2.53. The molecule has 0 radical (unpaired) electrons. The van der Waals surface area contributed by atoms with Gasteiger partial charge in [0.15, 0.2) is 11.6 Å². The second-order valence-electron chi connectivity index (χ2n) is 19.4. The van der Waals surface area contributed by atoms with Crippen LogP contribution in [0.4, 0.5) is 0 Å². The molecule has 16 heteroatoms. The molecule has 3 fully saturated rings. The van der Waals surface area contributed by atoms with Gasteiger partial charge in [-0.25, -0.2) is 4.79 Å². The molecule has 2 heterocycles. The van der Waals surface area contributed by atoms with E-state index >= 15 is 0 Å². The van der Waals surface area contributed by atoms with Gasteiger partial charge in [0.25, 0.3) is 11.7 Å². The van der Waals surface area contributed by atoms with Crippen LogP contribution in [0, 0.1) is 29.6 Å². The number of esters is 1. The van der Waals surface area contributed by atoms with Crippen LogP contribution in [-0.4, -0.2) is 138 Å². The smallest absolute Gasteiger partial charge is 0.329 e. The predicted octanol–water partition coefficient (Wildman–Crippen LogP) is 5.50. The maximum Gasteiger partial charge on any atom is 0.329 e. The van der Waals surface area contributed by atoms with Crippen molar-refractivity contribution in [2.75, 3.05) is 27.9 Å². The summed E-state index contributed by atoms with van der Waals surface area (Å²) >= 11 is 0. The number of rotatable bonds is 26. The fraction of sp³-hybridized carbons (Fsp3) is 0.745. The van der Waals surface area contributed by atoms with Crippen LogP contribution < -0.4 is 0 Å². The number of likely N-dealkylation sites (tertiary alicyclic amines) is 1. The Morgan fingerprint density at radius 3 is 2.25 bits per heavy atom. The van der Waals surface area contributed by atoms with Crippen LogP contribution in [0.1, 0.15) is 138 Å². The van der Waals surface area contributed by atoms with Crippen LogP contribution in [-0.2, 0) is 57.2 Å². The van der Waals surface area contributed by atoms with Crippen molar-refractivity contribution in [1.82, 2.24) is 4.90 Å². The molecule has 3 aliphatic rings. The number of hydrogen-bond acceptors (Lipinski definition) is 15. The number of carbonyl (C=O) groups is 7. The molecular formula is C51H79NO15. The van der Waals surface area contributed by atoms with E-state index in [2.05, 4.69) is 0 Å². The number of hydrogen-bond donors (Lipinski definition) is 3. The Morgan fingerprint density at radius 2 is 1.63 bits per heavy atom. The molecule has 0 spiro atoms. The van der Waals surface area contributed by atoms with Gasteiger partial charge in [0.05, 0.1) is 37.3 Å². The maximum atomic E-state index is 14.4. The standard InChI is InChI=1S/C51H79NO15/c1-30(14-13-22-53)24-34(5)45(57)47(65-10)46(58)35(6)25-32(3)41(56)29-43(33(4)26-37-17-19-40(55)44(27-37)64-9)66-50(61)39-15-11-12-21-52(39)49(60)48(59)51(62)36(7)16-18-38(67-51)28-42(63-8)31(2)20-23-54/h14,22-23,25,33-40,43-44,46-47,55,58,62H,11-13,15-21,24,26-29H2,1-10H3/t33-,34-,35?,36-,37?,38+,39+,40-,43+,44-,46-,47+,51-/m1/s1. The Balaban J connectivity index is 1.86. The molecule has 1 amide bonds. The Hall–Kier alpha value is -3.93. The highest BCUT2D eigenvalue weighted by molar-refractivity contribution is 6.39. The Kier molecular flexibility index (Phi) is 23.4. The largest absolute Gasteiger partial charge is 0.501 e. The van der Waals surface area contributed by atoms with Crippen molar-refractivity contribution < 1.29 is 72.6 Å². The molecule has 2 saturated heterocycles. The van der Waals surface area contributed by atoms with Crippen molar-refractivity contribution in [2.24, 2.45) is 29.6 Å². The SMILES string of the molecule is COC(C[C@@H]1CC[C@@H](C)[C@](O)(C(=O)C(=O)N2CCCC[C@H]2C(=O)O[C@@H](CC(=O)C(C)=CC(C)[C@@H](O)[C@@H](OC)C(=O)[C@H](C)CC(C)=CCC=O)[C@H](C)CC2CC[C@@H](O)[C@H](OC)C2)O1)=C(C)CC=O. The second kappa shape index (κ2) is 27.3. The first-order valence-corrected chi connectivity index (χ1v) is 24.1. The molecule has 0 aromatic heterocycles. The summed E-state index contributed by atoms with van der Waals surface area (Å²) in [4.78, 5) is 93.2. The number of nitrogens with zero attached hydrogens (tertiary/aromatic N) is 1. The van der Waals surface area contributed by atoms with E-state index in [-0.39, 0.29) is 73.7 Å². The van der Waals surface area contributed by atoms with E-state index in [1.54, 1.807) is 53.9 Å². The summed E-state index contributed by atoms with van der Waals surface area (Å²) in [6.45, 7) is 12.1. The molecule has 2 aliphatic heterocycles.